The van der Waals surface area contributed by atoms with E-state index in [0.29, 0.717) is 13.1 Å². The van der Waals surface area contributed by atoms with Gasteiger partial charge in [-0.3, -0.25) is 4.79 Å². The fourth-order valence-corrected chi connectivity index (χ4v) is 2.72. The van der Waals surface area contributed by atoms with Gasteiger partial charge in [0.05, 0.1) is 5.56 Å². The molecule has 1 saturated carbocycles. The summed E-state index contributed by atoms with van der Waals surface area (Å²) in [5.74, 6) is -0.637. The molecule has 0 atom stereocenters. The van der Waals surface area contributed by atoms with Gasteiger partial charge in [-0.2, -0.15) is 0 Å². The predicted octanol–water partition coefficient (Wildman–Crippen LogP) is 2.56. The van der Waals surface area contributed by atoms with E-state index in [9.17, 15) is 9.18 Å². The van der Waals surface area contributed by atoms with Crippen molar-refractivity contribution in [3.63, 3.8) is 0 Å². The lowest BCUT2D eigenvalue weighted by Gasteiger charge is -2.29. The van der Waals surface area contributed by atoms with Crippen LogP contribution in [0.4, 0.5) is 4.39 Å². The fourth-order valence-electron chi connectivity index (χ4n) is 2.72. The molecule has 0 unspecified atom stereocenters. The summed E-state index contributed by atoms with van der Waals surface area (Å²) in [6.07, 6.45) is 5.09. The van der Waals surface area contributed by atoms with Gasteiger partial charge in [-0.15, -0.1) is 0 Å². The molecule has 1 amide bonds. The third-order valence-corrected chi connectivity index (χ3v) is 3.73. The number of benzene rings is 1. The Bertz CT molecular complexity index is 430. The number of carbonyl (C=O) groups is 1. The Hall–Kier alpha value is -1.42. The van der Waals surface area contributed by atoms with Crippen LogP contribution in [0.25, 0.3) is 0 Å². The SMILES string of the molecule is NCCCN(C(=O)c1ccccc1F)C1CCCC1. The number of rotatable bonds is 5. The maximum Gasteiger partial charge on any atom is 0.257 e. The molecule has 4 heteroatoms. The van der Waals surface area contributed by atoms with Crippen molar-refractivity contribution in [2.75, 3.05) is 13.1 Å². The summed E-state index contributed by atoms with van der Waals surface area (Å²) in [7, 11) is 0. The van der Waals surface area contributed by atoms with Crippen LogP contribution in [0.2, 0.25) is 0 Å². The molecule has 1 aliphatic carbocycles. The van der Waals surface area contributed by atoms with Gasteiger partial charge in [0.15, 0.2) is 0 Å². The summed E-state index contributed by atoms with van der Waals surface area (Å²) in [6, 6.07) is 6.45. The molecule has 1 aromatic carbocycles. The first-order valence-corrected chi connectivity index (χ1v) is 6.99. The highest BCUT2D eigenvalue weighted by molar-refractivity contribution is 5.94. The van der Waals surface area contributed by atoms with Crippen LogP contribution in [0.1, 0.15) is 42.5 Å². The van der Waals surface area contributed by atoms with Gasteiger partial charge in [-0.1, -0.05) is 25.0 Å². The molecule has 0 saturated heterocycles. The Morgan fingerprint density at radius 3 is 2.63 bits per heavy atom. The molecule has 1 fully saturated rings. The Labute approximate surface area is 113 Å². The summed E-state index contributed by atoms with van der Waals surface area (Å²) < 4.78 is 13.7. The maximum absolute atomic E-state index is 13.7. The average Bonchev–Trinajstić information content (AvgIpc) is 2.93. The highest BCUT2D eigenvalue weighted by Gasteiger charge is 2.28. The molecule has 2 N–H and O–H groups in total. The van der Waals surface area contributed by atoms with Crippen molar-refractivity contribution in [3.05, 3.63) is 35.6 Å². The summed E-state index contributed by atoms with van der Waals surface area (Å²) in [5.41, 5.74) is 5.70. The second-order valence-corrected chi connectivity index (χ2v) is 5.06. The first kappa shape index (κ1) is 14.0. The zero-order chi connectivity index (χ0) is 13.7. The summed E-state index contributed by atoms with van der Waals surface area (Å²) >= 11 is 0. The van der Waals surface area contributed by atoms with Gasteiger partial charge in [0, 0.05) is 12.6 Å². The molecule has 0 spiro atoms. The van der Waals surface area contributed by atoms with Crippen molar-refractivity contribution in [3.8, 4) is 0 Å². The molecule has 2 rings (SSSR count). The van der Waals surface area contributed by atoms with Gasteiger partial charge >= 0.3 is 0 Å². The molecule has 0 heterocycles. The number of halogens is 1. The summed E-state index contributed by atoms with van der Waals surface area (Å²) in [5, 5.41) is 0. The third kappa shape index (κ3) is 3.32. The molecular formula is C15H21FN2O. The maximum atomic E-state index is 13.7. The van der Waals surface area contributed by atoms with Crippen molar-refractivity contribution >= 4 is 5.91 Å². The summed E-state index contributed by atoms with van der Waals surface area (Å²) in [6.45, 7) is 1.17. The second-order valence-electron chi connectivity index (χ2n) is 5.06. The minimum Gasteiger partial charge on any atom is -0.336 e. The van der Waals surface area contributed by atoms with Gasteiger partial charge < -0.3 is 10.6 Å². The van der Waals surface area contributed by atoms with Crippen LogP contribution in [0, 0.1) is 5.82 Å². The molecule has 0 aliphatic heterocycles. The van der Waals surface area contributed by atoms with Gasteiger partial charge in [-0.25, -0.2) is 4.39 Å². The predicted molar refractivity (Wildman–Crippen MR) is 73.4 cm³/mol. The number of amides is 1. The molecule has 104 valence electrons. The average molecular weight is 264 g/mol. The van der Waals surface area contributed by atoms with Crippen LogP contribution in [0.3, 0.4) is 0 Å². The largest absolute Gasteiger partial charge is 0.336 e. The number of hydrogen-bond acceptors (Lipinski definition) is 2. The molecular weight excluding hydrogens is 243 g/mol. The third-order valence-electron chi connectivity index (χ3n) is 3.73. The Kier molecular flexibility index (Phi) is 4.91. The lowest BCUT2D eigenvalue weighted by atomic mass is 10.1. The van der Waals surface area contributed by atoms with E-state index in [-0.39, 0.29) is 17.5 Å². The molecule has 0 radical (unpaired) electrons. The number of carbonyl (C=O) groups excluding carboxylic acids is 1. The smallest absolute Gasteiger partial charge is 0.257 e. The number of nitrogens with two attached hydrogens (primary N) is 1. The molecule has 19 heavy (non-hydrogen) atoms. The van der Waals surface area contributed by atoms with E-state index in [0.717, 1.165) is 32.1 Å². The lowest BCUT2D eigenvalue weighted by molar-refractivity contribution is 0.0675. The van der Waals surface area contributed by atoms with Crippen LogP contribution >= 0.6 is 0 Å². The highest BCUT2D eigenvalue weighted by atomic mass is 19.1. The standard InChI is InChI=1S/C15H21FN2O/c16-14-9-4-3-8-13(14)15(19)18(11-5-10-17)12-6-1-2-7-12/h3-4,8-9,12H,1-2,5-7,10-11,17H2. The van der Waals surface area contributed by atoms with Crippen molar-refractivity contribution in [1.29, 1.82) is 0 Å². The van der Waals surface area contributed by atoms with Crippen LogP contribution in [-0.4, -0.2) is 29.9 Å². The highest BCUT2D eigenvalue weighted by Crippen LogP contribution is 2.25. The van der Waals surface area contributed by atoms with Gasteiger partial charge in [-0.05, 0) is 37.9 Å². The lowest BCUT2D eigenvalue weighted by Crippen LogP contribution is -2.40. The van der Waals surface area contributed by atoms with E-state index in [1.54, 1.807) is 18.2 Å². The molecule has 3 nitrogen and oxygen atoms in total. The topological polar surface area (TPSA) is 46.3 Å². The van der Waals surface area contributed by atoms with E-state index < -0.39 is 5.82 Å². The van der Waals surface area contributed by atoms with Crippen LogP contribution in [-0.2, 0) is 0 Å². The van der Waals surface area contributed by atoms with Crippen LogP contribution in [0.5, 0.6) is 0 Å². The molecule has 0 aromatic heterocycles. The normalized spacial score (nSPS) is 15.7. The monoisotopic (exact) mass is 264 g/mol. The minimum atomic E-state index is -0.441. The molecule has 1 aliphatic rings. The first-order valence-electron chi connectivity index (χ1n) is 6.99. The van der Waals surface area contributed by atoms with Crippen LogP contribution < -0.4 is 5.73 Å². The molecule has 0 bridgehead atoms. The Morgan fingerprint density at radius 1 is 1.32 bits per heavy atom. The number of nitrogens with zero attached hydrogens (tertiary/aromatic N) is 1. The van der Waals surface area contributed by atoms with Gasteiger partial charge in [0.1, 0.15) is 5.82 Å². The van der Waals surface area contributed by atoms with E-state index in [1.165, 1.54) is 6.07 Å². The Balaban J connectivity index is 2.17. The quantitative estimate of drug-likeness (QED) is 0.888. The second kappa shape index (κ2) is 6.66. The van der Waals surface area contributed by atoms with E-state index >= 15 is 0 Å². The van der Waals surface area contributed by atoms with E-state index in [1.807, 2.05) is 4.90 Å². The fraction of sp³-hybridized carbons (Fsp3) is 0.533. The van der Waals surface area contributed by atoms with Crippen molar-refractivity contribution in [2.24, 2.45) is 5.73 Å². The summed E-state index contributed by atoms with van der Waals surface area (Å²) in [4.78, 5) is 14.3. The minimum absolute atomic E-state index is 0.173. The Morgan fingerprint density at radius 2 is 2.00 bits per heavy atom. The van der Waals surface area contributed by atoms with Crippen LogP contribution in [0.15, 0.2) is 24.3 Å². The van der Waals surface area contributed by atoms with E-state index in [4.69, 9.17) is 5.73 Å². The van der Waals surface area contributed by atoms with Gasteiger partial charge in [0.25, 0.3) is 5.91 Å². The van der Waals surface area contributed by atoms with Crippen molar-refractivity contribution < 1.29 is 9.18 Å². The van der Waals surface area contributed by atoms with Gasteiger partial charge in [0.2, 0.25) is 0 Å². The van der Waals surface area contributed by atoms with Crippen molar-refractivity contribution in [1.82, 2.24) is 4.90 Å². The zero-order valence-electron chi connectivity index (χ0n) is 11.1. The van der Waals surface area contributed by atoms with Crippen molar-refractivity contribution in [2.45, 2.75) is 38.1 Å². The first-order chi connectivity index (χ1) is 9.24. The zero-order valence-corrected chi connectivity index (χ0v) is 11.1. The molecule has 1 aromatic rings. The number of hydrogen-bond donors (Lipinski definition) is 1. The van der Waals surface area contributed by atoms with E-state index in [2.05, 4.69) is 0 Å².